The Kier molecular flexibility index (Phi) is 1.71. The summed E-state index contributed by atoms with van der Waals surface area (Å²) in [6, 6.07) is 0. The van der Waals surface area contributed by atoms with Gasteiger partial charge in [-0.05, 0) is 25.7 Å². The summed E-state index contributed by atoms with van der Waals surface area (Å²) in [4.78, 5) is 0. The summed E-state index contributed by atoms with van der Waals surface area (Å²) in [6.07, 6.45) is 2.41. The second-order valence-corrected chi connectivity index (χ2v) is 4.00. The molecule has 12 heavy (non-hydrogen) atoms. The molecule has 0 N–H and O–H groups in total. The topological polar surface area (TPSA) is 26.0 Å². The van der Waals surface area contributed by atoms with Crippen molar-refractivity contribution in [2.75, 3.05) is 0 Å². The number of aryl methyl sites for hydroxylation is 1. The highest BCUT2D eigenvalue weighted by atomic mass is 16.5. The Bertz CT molecular complexity index is 288. The van der Waals surface area contributed by atoms with Crippen LogP contribution in [-0.2, 0) is 6.42 Å². The molecular weight excluding hydrogens is 150 g/mol. The molecule has 0 saturated heterocycles. The number of hydrogen-bond acceptors (Lipinski definition) is 2. The van der Waals surface area contributed by atoms with E-state index in [0.717, 1.165) is 17.9 Å². The minimum absolute atomic E-state index is 0.612. The van der Waals surface area contributed by atoms with Gasteiger partial charge in [-0.1, -0.05) is 19.0 Å². The lowest BCUT2D eigenvalue weighted by molar-refractivity contribution is 0.329. The Labute approximate surface area is 72.9 Å². The zero-order valence-electron chi connectivity index (χ0n) is 7.92. The van der Waals surface area contributed by atoms with E-state index in [1.54, 1.807) is 0 Å². The molecule has 0 radical (unpaired) electrons. The summed E-state index contributed by atoms with van der Waals surface area (Å²) in [5.41, 5.74) is 2.46. The van der Waals surface area contributed by atoms with Gasteiger partial charge in [0.25, 0.3) is 0 Å². The zero-order chi connectivity index (χ0) is 8.72. The van der Waals surface area contributed by atoms with E-state index in [-0.39, 0.29) is 0 Å². The second-order valence-electron chi connectivity index (χ2n) is 4.00. The molecule has 1 aromatic rings. The Balaban J connectivity index is 2.36. The van der Waals surface area contributed by atoms with Crippen LogP contribution in [0, 0.1) is 12.8 Å². The molecule has 0 saturated carbocycles. The van der Waals surface area contributed by atoms with Gasteiger partial charge < -0.3 is 4.52 Å². The first-order valence-corrected chi connectivity index (χ1v) is 4.65. The monoisotopic (exact) mass is 165 g/mol. The molecule has 1 aromatic heterocycles. The molecule has 0 amide bonds. The standard InChI is InChI=1S/C10H15NO/c1-6(2)8-4-5-9-7(3)11-12-10(8)9/h6,8H,4-5H2,1-3H3. The molecule has 66 valence electrons. The maximum Gasteiger partial charge on any atom is 0.143 e. The molecule has 1 aliphatic carbocycles. The van der Waals surface area contributed by atoms with Gasteiger partial charge in [0.1, 0.15) is 5.76 Å². The fourth-order valence-electron chi connectivity index (χ4n) is 2.07. The van der Waals surface area contributed by atoms with Crippen molar-refractivity contribution in [3.8, 4) is 0 Å². The van der Waals surface area contributed by atoms with Gasteiger partial charge in [0.2, 0.25) is 0 Å². The molecule has 0 bridgehead atoms. The number of aromatic nitrogens is 1. The first kappa shape index (κ1) is 7.84. The Morgan fingerprint density at radius 3 is 2.92 bits per heavy atom. The Morgan fingerprint density at radius 2 is 2.25 bits per heavy atom. The number of nitrogens with zero attached hydrogens (tertiary/aromatic N) is 1. The van der Waals surface area contributed by atoms with Crippen molar-refractivity contribution in [3.63, 3.8) is 0 Å². The third kappa shape index (κ3) is 0.977. The van der Waals surface area contributed by atoms with Gasteiger partial charge >= 0.3 is 0 Å². The van der Waals surface area contributed by atoms with Crippen LogP contribution in [-0.4, -0.2) is 5.16 Å². The summed E-state index contributed by atoms with van der Waals surface area (Å²) < 4.78 is 5.33. The lowest BCUT2D eigenvalue weighted by Crippen LogP contribution is -2.01. The summed E-state index contributed by atoms with van der Waals surface area (Å²) >= 11 is 0. The Hall–Kier alpha value is -0.790. The van der Waals surface area contributed by atoms with Gasteiger partial charge in [0.15, 0.2) is 0 Å². The smallest absolute Gasteiger partial charge is 0.143 e. The Morgan fingerprint density at radius 1 is 1.50 bits per heavy atom. The van der Waals surface area contributed by atoms with Crippen LogP contribution in [0.3, 0.4) is 0 Å². The van der Waals surface area contributed by atoms with Crippen LogP contribution < -0.4 is 0 Å². The molecule has 1 aliphatic rings. The van der Waals surface area contributed by atoms with Crippen LogP contribution in [0.15, 0.2) is 4.52 Å². The highest BCUT2D eigenvalue weighted by Gasteiger charge is 2.30. The van der Waals surface area contributed by atoms with Crippen LogP contribution in [0.1, 0.15) is 43.2 Å². The van der Waals surface area contributed by atoms with Crippen LogP contribution in [0.5, 0.6) is 0 Å². The van der Waals surface area contributed by atoms with Gasteiger partial charge in [-0.15, -0.1) is 0 Å². The van der Waals surface area contributed by atoms with Crippen molar-refractivity contribution in [2.45, 2.75) is 39.5 Å². The average molecular weight is 165 g/mol. The lowest BCUT2D eigenvalue weighted by atomic mass is 9.94. The molecule has 0 aromatic carbocycles. The van der Waals surface area contributed by atoms with Gasteiger partial charge in [-0.25, -0.2) is 0 Å². The molecule has 1 unspecified atom stereocenters. The third-order valence-electron chi connectivity index (χ3n) is 2.86. The van der Waals surface area contributed by atoms with Gasteiger partial charge in [-0.3, -0.25) is 0 Å². The molecule has 0 aliphatic heterocycles. The minimum atomic E-state index is 0.612. The zero-order valence-corrected chi connectivity index (χ0v) is 7.92. The summed E-state index contributed by atoms with van der Waals surface area (Å²) in [5, 5.41) is 4.00. The second kappa shape index (κ2) is 2.61. The van der Waals surface area contributed by atoms with E-state index >= 15 is 0 Å². The maximum atomic E-state index is 5.33. The summed E-state index contributed by atoms with van der Waals surface area (Å²) in [6.45, 7) is 6.53. The maximum absolute atomic E-state index is 5.33. The normalized spacial score (nSPS) is 21.8. The summed E-state index contributed by atoms with van der Waals surface area (Å²) in [7, 11) is 0. The molecule has 1 atom stereocenters. The molecule has 2 rings (SSSR count). The first-order chi connectivity index (χ1) is 5.70. The summed E-state index contributed by atoms with van der Waals surface area (Å²) in [5.74, 6) is 2.45. The molecule has 2 nitrogen and oxygen atoms in total. The molecule has 1 heterocycles. The highest BCUT2D eigenvalue weighted by molar-refractivity contribution is 5.30. The van der Waals surface area contributed by atoms with E-state index in [9.17, 15) is 0 Å². The third-order valence-corrected chi connectivity index (χ3v) is 2.86. The number of fused-ring (bicyclic) bond motifs is 1. The SMILES string of the molecule is Cc1noc2c1CCC2C(C)C. The minimum Gasteiger partial charge on any atom is -0.361 e. The molecule has 2 heteroatoms. The van der Waals surface area contributed by atoms with Gasteiger partial charge in [-0.2, -0.15) is 0 Å². The number of rotatable bonds is 1. The molecule has 0 spiro atoms. The molecular formula is C10H15NO. The van der Waals surface area contributed by atoms with Crippen LogP contribution in [0.25, 0.3) is 0 Å². The van der Waals surface area contributed by atoms with Gasteiger partial charge in [0.05, 0.1) is 5.69 Å². The molecule has 0 fully saturated rings. The predicted octanol–water partition coefficient (Wildman–Crippen LogP) is 2.67. The van der Waals surface area contributed by atoms with E-state index in [2.05, 4.69) is 19.0 Å². The van der Waals surface area contributed by atoms with E-state index in [1.807, 2.05) is 6.92 Å². The largest absolute Gasteiger partial charge is 0.361 e. The van der Waals surface area contributed by atoms with Crippen molar-refractivity contribution >= 4 is 0 Å². The predicted molar refractivity (Wildman–Crippen MR) is 47.1 cm³/mol. The number of hydrogen-bond donors (Lipinski definition) is 0. The van der Waals surface area contributed by atoms with Gasteiger partial charge in [0, 0.05) is 11.5 Å². The first-order valence-electron chi connectivity index (χ1n) is 4.65. The van der Waals surface area contributed by atoms with Crippen LogP contribution in [0.4, 0.5) is 0 Å². The van der Waals surface area contributed by atoms with E-state index in [1.165, 1.54) is 12.0 Å². The van der Waals surface area contributed by atoms with E-state index < -0.39 is 0 Å². The highest BCUT2D eigenvalue weighted by Crippen LogP contribution is 2.39. The quantitative estimate of drug-likeness (QED) is 0.639. The van der Waals surface area contributed by atoms with Crippen molar-refractivity contribution in [1.29, 1.82) is 0 Å². The van der Waals surface area contributed by atoms with Crippen molar-refractivity contribution in [1.82, 2.24) is 5.16 Å². The lowest BCUT2D eigenvalue weighted by Gasteiger charge is -2.11. The van der Waals surface area contributed by atoms with Crippen LogP contribution in [0.2, 0.25) is 0 Å². The van der Waals surface area contributed by atoms with Crippen molar-refractivity contribution in [3.05, 3.63) is 17.0 Å². The van der Waals surface area contributed by atoms with Crippen LogP contribution >= 0.6 is 0 Å². The van der Waals surface area contributed by atoms with E-state index in [4.69, 9.17) is 4.52 Å². The van der Waals surface area contributed by atoms with E-state index in [0.29, 0.717) is 11.8 Å². The van der Waals surface area contributed by atoms with Crippen molar-refractivity contribution in [2.24, 2.45) is 5.92 Å². The fourth-order valence-corrected chi connectivity index (χ4v) is 2.07. The average Bonchev–Trinajstić information content (AvgIpc) is 2.53. The van der Waals surface area contributed by atoms with Crippen molar-refractivity contribution < 1.29 is 4.52 Å². The fraction of sp³-hybridized carbons (Fsp3) is 0.700.